The summed E-state index contributed by atoms with van der Waals surface area (Å²) in [6.07, 6.45) is 2.71. The first-order chi connectivity index (χ1) is 15.5. The number of morpholine rings is 1. The van der Waals surface area contributed by atoms with E-state index < -0.39 is 11.8 Å². The fourth-order valence-corrected chi connectivity index (χ4v) is 3.20. The molecule has 3 aromatic rings. The summed E-state index contributed by atoms with van der Waals surface area (Å²) in [4.78, 5) is 47.2. The number of benzene rings is 2. The van der Waals surface area contributed by atoms with Crippen LogP contribution in [0.15, 0.2) is 60.9 Å². The molecule has 1 aliphatic rings. The van der Waals surface area contributed by atoms with E-state index in [1.807, 2.05) is 19.1 Å². The number of carbonyl (C=O) groups excluding carboxylic acids is 3. The van der Waals surface area contributed by atoms with Crippen molar-refractivity contribution < 1.29 is 19.1 Å². The standard InChI is InChI=1S/C23H21N5O4/c1-15-2-4-16(5-3-15)26-22(30)20-21(25-11-10-24-20)23(31)27-17-6-8-18(9-7-17)28-12-13-32-14-19(28)29/h2-11H,12-14H2,1H3,(H,26,30)(H,27,31). The molecule has 9 heteroatoms. The third-order valence-electron chi connectivity index (χ3n) is 4.86. The summed E-state index contributed by atoms with van der Waals surface area (Å²) in [5, 5.41) is 5.44. The maximum Gasteiger partial charge on any atom is 0.276 e. The summed E-state index contributed by atoms with van der Waals surface area (Å²) in [7, 11) is 0. The summed E-state index contributed by atoms with van der Waals surface area (Å²) in [5.74, 6) is -1.22. The van der Waals surface area contributed by atoms with Crippen molar-refractivity contribution in [1.29, 1.82) is 0 Å². The van der Waals surface area contributed by atoms with Crippen LogP contribution in [-0.2, 0) is 9.53 Å². The van der Waals surface area contributed by atoms with Crippen LogP contribution in [0, 0.1) is 6.92 Å². The third kappa shape index (κ3) is 4.79. The van der Waals surface area contributed by atoms with Crippen LogP contribution < -0.4 is 15.5 Å². The van der Waals surface area contributed by atoms with Crippen LogP contribution in [-0.4, -0.2) is 47.4 Å². The Morgan fingerprint density at radius 2 is 1.41 bits per heavy atom. The highest BCUT2D eigenvalue weighted by molar-refractivity contribution is 6.13. The number of amides is 3. The van der Waals surface area contributed by atoms with Crippen molar-refractivity contribution in [3.8, 4) is 0 Å². The molecule has 162 valence electrons. The zero-order valence-electron chi connectivity index (χ0n) is 17.4. The molecule has 0 aliphatic carbocycles. The molecule has 1 saturated heterocycles. The van der Waals surface area contributed by atoms with E-state index in [0.717, 1.165) is 5.56 Å². The van der Waals surface area contributed by atoms with Crippen LogP contribution in [0.5, 0.6) is 0 Å². The summed E-state index contributed by atoms with van der Waals surface area (Å²) in [6, 6.07) is 14.1. The molecule has 0 saturated carbocycles. The van der Waals surface area contributed by atoms with Gasteiger partial charge in [-0.15, -0.1) is 0 Å². The van der Waals surface area contributed by atoms with E-state index in [1.165, 1.54) is 12.4 Å². The largest absolute Gasteiger partial charge is 0.370 e. The van der Waals surface area contributed by atoms with Crippen LogP contribution in [0.3, 0.4) is 0 Å². The number of nitrogens with one attached hydrogen (secondary N) is 2. The monoisotopic (exact) mass is 431 g/mol. The molecule has 0 radical (unpaired) electrons. The molecule has 2 aromatic carbocycles. The molecule has 0 spiro atoms. The maximum absolute atomic E-state index is 12.8. The lowest BCUT2D eigenvalue weighted by Crippen LogP contribution is -2.41. The Labute approximate surface area is 184 Å². The lowest BCUT2D eigenvalue weighted by Gasteiger charge is -2.26. The lowest BCUT2D eigenvalue weighted by atomic mass is 10.2. The minimum Gasteiger partial charge on any atom is -0.370 e. The SMILES string of the molecule is Cc1ccc(NC(=O)c2nccnc2C(=O)Nc2ccc(N3CCOCC3=O)cc2)cc1. The number of hydrogen-bond acceptors (Lipinski definition) is 6. The van der Waals surface area contributed by atoms with Crippen LogP contribution >= 0.6 is 0 Å². The van der Waals surface area contributed by atoms with Crippen molar-refractivity contribution in [2.45, 2.75) is 6.92 Å². The van der Waals surface area contributed by atoms with Gasteiger partial charge in [0, 0.05) is 36.0 Å². The molecule has 1 aromatic heterocycles. The summed E-state index contributed by atoms with van der Waals surface area (Å²) in [6.45, 7) is 2.95. The topological polar surface area (TPSA) is 114 Å². The Kier molecular flexibility index (Phi) is 6.18. The molecule has 3 amide bonds. The van der Waals surface area contributed by atoms with Gasteiger partial charge in [-0.2, -0.15) is 0 Å². The zero-order valence-corrected chi connectivity index (χ0v) is 17.4. The van der Waals surface area contributed by atoms with Gasteiger partial charge in [0.2, 0.25) is 0 Å². The van der Waals surface area contributed by atoms with Crippen molar-refractivity contribution in [1.82, 2.24) is 9.97 Å². The maximum atomic E-state index is 12.8. The number of nitrogens with zero attached hydrogens (tertiary/aromatic N) is 3. The molecule has 2 N–H and O–H groups in total. The first-order valence-electron chi connectivity index (χ1n) is 10.00. The van der Waals surface area contributed by atoms with E-state index in [4.69, 9.17) is 4.74 Å². The Morgan fingerprint density at radius 3 is 1.94 bits per heavy atom. The first-order valence-corrected chi connectivity index (χ1v) is 10.00. The summed E-state index contributed by atoms with van der Waals surface area (Å²) >= 11 is 0. The van der Waals surface area contributed by atoms with Crippen molar-refractivity contribution >= 4 is 34.8 Å². The highest BCUT2D eigenvalue weighted by Crippen LogP contribution is 2.20. The predicted molar refractivity (Wildman–Crippen MR) is 119 cm³/mol. The Bertz CT molecular complexity index is 1150. The summed E-state index contributed by atoms with van der Waals surface area (Å²) in [5.41, 5.74) is 2.69. The second kappa shape index (κ2) is 9.36. The average Bonchev–Trinajstić information content (AvgIpc) is 2.81. The number of anilines is 3. The molecule has 4 rings (SSSR count). The first kappa shape index (κ1) is 21.1. The zero-order chi connectivity index (χ0) is 22.5. The van der Waals surface area contributed by atoms with E-state index in [0.29, 0.717) is 30.2 Å². The number of aromatic nitrogens is 2. The number of ether oxygens (including phenoxy) is 1. The normalized spacial score (nSPS) is 13.5. The van der Waals surface area contributed by atoms with E-state index in [9.17, 15) is 14.4 Å². The molecule has 2 heterocycles. The van der Waals surface area contributed by atoms with E-state index in [-0.39, 0.29) is 23.9 Å². The fourth-order valence-electron chi connectivity index (χ4n) is 3.20. The van der Waals surface area contributed by atoms with Gasteiger partial charge in [-0.25, -0.2) is 9.97 Å². The van der Waals surface area contributed by atoms with Gasteiger partial charge in [-0.3, -0.25) is 14.4 Å². The molecule has 1 fully saturated rings. The van der Waals surface area contributed by atoms with Crippen molar-refractivity contribution in [2.24, 2.45) is 0 Å². The number of carbonyl (C=O) groups is 3. The van der Waals surface area contributed by atoms with Gasteiger partial charge in [-0.05, 0) is 43.3 Å². The Hall–Kier alpha value is -4.11. The number of aryl methyl sites for hydroxylation is 1. The van der Waals surface area contributed by atoms with Gasteiger partial charge >= 0.3 is 0 Å². The average molecular weight is 431 g/mol. The van der Waals surface area contributed by atoms with Crippen LogP contribution in [0.1, 0.15) is 26.5 Å². The second-order valence-corrected chi connectivity index (χ2v) is 7.17. The molecular formula is C23H21N5O4. The van der Waals surface area contributed by atoms with Gasteiger partial charge in [0.1, 0.15) is 6.61 Å². The predicted octanol–water partition coefficient (Wildman–Crippen LogP) is 2.65. The molecule has 32 heavy (non-hydrogen) atoms. The van der Waals surface area contributed by atoms with E-state index >= 15 is 0 Å². The smallest absolute Gasteiger partial charge is 0.276 e. The minimum atomic E-state index is -0.567. The van der Waals surface area contributed by atoms with Crippen molar-refractivity contribution in [3.63, 3.8) is 0 Å². The van der Waals surface area contributed by atoms with E-state index in [2.05, 4.69) is 20.6 Å². The fraction of sp³-hybridized carbons (Fsp3) is 0.174. The Balaban J connectivity index is 1.47. The van der Waals surface area contributed by atoms with E-state index in [1.54, 1.807) is 41.3 Å². The van der Waals surface area contributed by atoms with Gasteiger partial charge in [-0.1, -0.05) is 17.7 Å². The molecule has 9 nitrogen and oxygen atoms in total. The van der Waals surface area contributed by atoms with Gasteiger partial charge in [0.05, 0.1) is 6.61 Å². The molecule has 0 unspecified atom stereocenters. The van der Waals surface area contributed by atoms with Crippen LogP contribution in [0.4, 0.5) is 17.1 Å². The molecule has 0 atom stereocenters. The van der Waals surface area contributed by atoms with Gasteiger partial charge in [0.15, 0.2) is 11.4 Å². The molecule has 1 aliphatic heterocycles. The molecule has 0 bridgehead atoms. The van der Waals surface area contributed by atoms with Crippen LogP contribution in [0.25, 0.3) is 0 Å². The van der Waals surface area contributed by atoms with Gasteiger partial charge < -0.3 is 20.3 Å². The highest BCUT2D eigenvalue weighted by Gasteiger charge is 2.22. The third-order valence-corrected chi connectivity index (χ3v) is 4.86. The van der Waals surface area contributed by atoms with Crippen molar-refractivity contribution in [2.75, 3.05) is 35.3 Å². The van der Waals surface area contributed by atoms with Gasteiger partial charge in [0.25, 0.3) is 17.7 Å². The van der Waals surface area contributed by atoms with Crippen LogP contribution in [0.2, 0.25) is 0 Å². The lowest BCUT2D eigenvalue weighted by molar-refractivity contribution is -0.125. The highest BCUT2D eigenvalue weighted by atomic mass is 16.5. The number of rotatable bonds is 5. The summed E-state index contributed by atoms with van der Waals surface area (Å²) < 4.78 is 5.14. The minimum absolute atomic E-state index is 0.0542. The Morgan fingerprint density at radius 1 is 0.875 bits per heavy atom. The number of hydrogen-bond donors (Lipinski definition) is 2. The molecular weight excluding hydrogens is 410 g/mol. The van der Waals surface area contributed by atoms with Crippen molar-refractivity contribution in [3.05, 3.63) is 77.9 Å². The quantitative estimate of drug-likeness (QED) is 0.642. The second-order valence-electron chi connectivity index (χ2n) is 7.17.